The number of aryl methyl sites for hydroxylation is 1. The Hall–Kier alpha value is -1.09. The normalized spacial score (nSPS) is 16.4. The van der Waals surface area contributed by atoms with Gasteiger partial charge in [0.05, 0.1) is 0 Å². The highest BCUT2D eigenvalue weighted by molar-refractivity contribution is 5.46. The summed E-state index contributed by atoms with van der Waals surface area (Å²) in [5.74, 6) is 1.83. The molecule has 1 atom stereocenters. The Morgan fingerprint density at radius 2 is 2.21 bits per heavy atom. The lowest BCUT2D eigenvalue weighted by Gasteiger charge is -2.23. The lowest BCUT2D eigenvalue weighted by Crippen LogP contribution is -2.25. The Kier molecular flexibility index (Phi) is 4.81. The molecule has 0 spiro atoms. The second-order valence-corrected chi connectivity index (χ2v) is 6.03. The van der Waals surface area contributed by atoms with E-state index in [0.717, 1.165) is 24.9 Å². The minimum absolute atomic E-state index is 0.711. The van der Waals surface area contributed by atoms with Crippen molar-refractivity contribution >= 4 is 5.82 Å². The molecule has 19 heavy (non-hydrogen) atoms. The lowest BCUT2D eigenvalue weighted by molar-refractivity contribution is 0.557. The van der Waals surface area contributed by atoms with Gasteiger partial charge in [0.1, 0.15) is 5.82 Å². The van der Waals surface area contributed by atoms with Gasteiger partial charge in [0.15, 0.2) is 0 Å². The number of pyridine rings is 1. The first kappa shape index (κ1) is 14.3. The second-order valence-electron chi connectivity index (χ2n) is 6.03. The Labute approximate surface area is 117 Å². The van der Waals surface area contributed by atoms with E-state index in [4.69, 9.17) is 0 Å². The molecule has 1 N–H and O–H groups in total. The van der Waals surface area contributed by atoms with Crippen molar-refractivity contribution in [2.45, 2.75) is 52.6 Å². The molecule has 0 aliphatic heterocycles. The van der Waals surface area contributed by atoms with Crippen LogP contribution in [0.25, 0.3) is 0 Å². The largest absolute Gasteiger partial charge is 0.359 e. The van der Waals surface area contributed by atoms with Crippen LogP contribution in [0, 0.1) is 12.8 Å². The molecule has 1 aliphatic carbocycles. The number of aromatic nitrogens is 1. The molecule has 0 aromatic carbocycles. The minimum atomic E-state index is 0.711. The molecule has 1 heterocycles. The van der Waals surface area contributed by atoms with Crippen LogP contribution in [0.5, 0.6) is 0 Å². The summed E-state index contributed by atoms with van der Waals surface area (Å²) < 4.78 is 0. The Morgan fingerprint density at radius 3 is 2.79 bits per heavy atom. The molecule has 1 saturated carbocycles. The van der Waals surface area contributed by atoms with Gasteiger partial charge in [0.25, 0.3) is 0 Å². The van der Waals surface area contributed by atoms with Gasteiger partial charge in [0.2, 0.25) is 0 Å². The highest BCUT2D eigenvalue weighted by atomic mass is 15.2. The van der Waals surface area contributed by atoms with Crippen molar-refractivity contribution in [2.75, 3.05) is 18.5 Å². The number of nitrogens with one attached hydrogen (secondary N) is 1. The summed E-state index contributed by atoms with van der Waals surface area (Å²) in [6, 6.07) is 3.03. The van der Waals surface area contributed by atoms with E-state index in [2.05, 4.69) is 49.1 Å². The van der Waals surface area contributed by atoms with Gasteiger partial charge < -0.3 is 10.2 Å². The highest BCUT2D eigenvalue weighted by Gasteiger charge is 2.20. The molecule has 2 rings (SSSR count). The molecule has 1 unspecified atom stereocenters. The smallest absolute Gasteiger partial charge is 0.131 e. The molecule has 1 aromatic heterocycles. The third-order valence-electron chi connectivity index (χ3n) is 3.92. The molecular formula is C16H27N3. The van der Waals surface area contributed by atoms with Crippen LogP contribution in [0.4, 0.5) is 5.82 Å². The van der Waals surface area contributed by atoms with Crippen molar-refractivity contribution in [1.29, 1.82) is 0 Å². The van der Waals surface area contributed by atoms with Gasteiger partial charge in [0, 0.05) is 32.4 Å². The Bertz CT molecular complexity index is 412. The molecule has 106 valence electrons. The molecular weight excluding hydrogens is 234 g/mol. The first-order valence-electron chi connectivity index (χ1n) is 7.50. The van der Waals surface area contributed by atoms with Gasteiger partial charge in [-0.15, -0.1) is 0 Å². The maximum atomic E-state index is 4.65. The summed E-state index contributed by atoms with van der Waals surface area (Å²) in [4.78, 5) is 6.93. The van der Waals surface area contributed by atoms with E-state index in [1.165, 1.54) is 30.4 Å². The quantitative estimate of drug-likeness (QED) is 0.817. The van der Waals surface area contributed by atoms with Crippen LogP contribution in [0.1, 0.15) is 44.2 Å². The average Bonchev–Trinajstić information content (AvgIpc) is 3.20. The van der Waals surface area contributed by atoms with E-state index in [1.54, 1.807) is 0 Å². The summed E-state index contributed by atoms with van der Waals surface area (Å²) >= 11 is 0. The molecule has 0 amide bonds. The maximum Gasteiger partial charge on any atom is 0.131 e. The SMILES string of the molecule is CCC(C)CN(C)c1ncc(CNC2CC2)cc1C. The summed E-state index contributed by atoms with van der Waals surface area (Å²) in [6.07, 6.45) is 5.90. The number of hydrogen-bond acceptors (Lipinski definition) is 3. The number of nitrogens with zero attached hydrogens (tertiary/aromatic N) is 2. The van der Waals surface area contributed by atoms with Gasteiger partial charge in [-0.3, -0.25) is 0 Å². The van der Waals surface area contributed by atoms with E-state index in [-0.39, 0.29) is 0 Å². The van der Waals surface area contributed by atoms with Crippen LogP contribution >= 0.6 is 0 Å². The molecule has 3 heteroatoms. The fraction of sp³-hybridized carbons (Fsp3) is 0.688. The predicted octanol–water partition coefficient (Wildman–Crippen LogP) is 3.12. The minimum Gasteiger partial charge on any atom is -0.359 e. The van der Waals surface area contributed by atoms with Crippen molar-refractivity contribution in [3.05, 3.63) is 23.4 Å². The van der Waals surface area contributed by atoms with E-state index in [1.807, 2.05) is 6.20 Å². The standard InChI is InChI=1S/C16H27N3/c1-5-12(2)11-19(4)16-13(3)8-14(10-18-16)9-17-15-6-7-15/h8,10,12,15,17H,5-7,9,11H2,1-4H3. The van der Waals surface area contributed by atoms with Crippen LogP contribution in [0.15, 0.2) is 12.3 Å². The summed E-state index contributed by atoms with van der Waals surface area (Å²) in [5, 5.41) is 3.54. The summed E-state index contributed by atoms with van der Waals surface area (Å²) in [6.45, 7) is 8.72. The van der Waals surface area contributed by atoms with E-state index >= 15 is 0 Å². The zero-order valence-corrected chi connectivity index (χ0v) is 12.7. The fourth-order valence-electron chi connectivity index (χ4n) is 2.35. The van der Waals surface area contributed by atoms with Crippen LogP contribution in [-0.2, 0) is 6.54 Å². The lowest BCUT2D eigenvalue weighted by atomic mass is 10.1. The molecule has 0 saturated heterocycles. The maximum absolute atomic E-state index is 4.65. The number of hydrogen-bond donors (Lipinski definition) is 1. The number of rotatable bonds is 7. The fourth-order valence-corrected chi connectivity index (χ4v) is 2.35. The molecule has 1 fully saturated rings. The summed E-state index contributed by atoms with van der Waals surface area (Å²) in [7, 11) is 2.14. The monoisotopic (exact) mass is 261 g/mol. The molecule has 1 aliphatic rings. The molecule has 3 nitrogen and oxygen atoms in total. The zero-order chi connectivity index (χ0) is 13.8. The van der Waals surface area contributed by atoms with Gasteiger partial charge in [-0.25, -0.2) is 4.98 Å². The highest BCUT2D eigenvalue weighted by Crippen LogP contribution is 2.21. The van der Waals surface area contributed by atoms with Gasteiger partial charge in [-0.2, -0.15) is 0 Å². The third-order valence-corrected chi connectivity index (χ3v) is 3.92. The van der Waals surface area contributed by atoms with Crippen LogP contribution in [0.2, 0.25) is 0 Å². The first-order valence-corrected chi connectivity index (χ1v) is 7.50. The van der Waals surface area contributed by atoms with Gasteiger partial charge in [-0.1, -0.05) is 20.3 Å². The Morgan fingerprint density at radius 1 is 1.47 bits per heavy atom. The number of anilines is 1. The average molecular weight is 261 g/mol. The van der Waals surface area contributed by atoms with Gasteiger partial charge in [-0.05, 0) is 42.9 Å². The van der Waals surface area contributed by atoms with Crippen molar-refractivity contribution in [1.82, 2.24) is 10.3 Å². The zero-order valence-electron chi connectivity index (χ0n) is 12.7. The topological polar surface area (TPSA) is 28.2 Å². The molecule has 1 aromatic rings. The predicted molar refractivity (Wildman–Crippen MR) is 81.6 cm³/mol. The van der Waals surface area contributed by atoms with E-state index < -0.39 is 0 Å². The van der Waals surface area contributed by atoms with Crippen molar-refractivity contribution in [2.24, 2.45) is 5.92 Å². The van der Waals surface area contributed by atoms with Crippen LogP contribution in [-0.4, -0.2) is 24.6 Å². The van der Waals surface area contributed by atoms with Crippen LogP contribution in [0.3, 0.4) is 0 Å². The van der Waals surface area contributed by atoms with Crippen molar-refractivity contribution in [3.63, 3.8) is 0 Å². The first-order chi connectivity index (χ1) is 9.10. The van der Waals surface area contributed by atoms with E-state index in [9.17, 15) is 0 Å². The van der Waals surface area contributed by atoms with Crippen molar-refractivity contribution in [3.8, 4) is 0 Å². The third kappa shape index (κ3) is 4.20. The van der Waals surface area contributed by atoms with Gasteiger partial charge >= 0.3 is 0 Å². The van der Waals surface area contributed by atoms with Crippen molar-refractivity contribution < 1.29 is 0 Å². The molecule has 0 bridgehead atoms. The summed E-state index contributed by atoms with van der Waals surface area (Å²) in [5.41, 5.74) is 2.57. The Balaban J connectivity index is 1.96. The second kappa shape index (κ2) is 6.38. The van der Waals surface area contributed by atoms with E-state index in [0.29, 0.717) is 5.92 Å². The molecule has 0 radical (unpaired) electrons. The van der Waals surface area contributed by atoms with Crippen LogP contribution < -0.4 is 10.2 Å².